The molecule has 0 spiro atoms. The van der Waals surface area contributed by atoms with E-state index in [2.05, 4.69) is 30.2 Å². The first-order valence-corrected chi connectivity index (χ1v) is 10.7. The highest BCUT2D eigenvalue weighted by Crippen LogP contribution is 2.48. The number of hydrogen-bond donors (Lipinski definition) is 1. The van der Waals surface area contributed by atoms with Gasteiger partial charge in [-0.15, -0.1) is 0 Å². The molecule has 1 aliphatic carbocycles. The minimum atomic E-state index is -0.433. The molecule has 0 radical (unpaired) electrons. The molecule has 5 nitrogen and oxygen atoms in total. The van der Waals surface area contributed by atoms with Crippen molar-refractivity contribution in [2.75, 3.05) is 10.2 Å². The molecule has 4 rings (SSSR count). The molecule has 1 aliphatic heterocycles. The molecule has 5 heteroatoms. The van der Waals surface area contributed by atoms with E-state index in [1.807, 2.05) is 67.5 Å². The normalized spacial score (nSPS) is 22.5. The molecule has 2 aromatic rings. The molecule has 156 valence electrons. The summed E-state index contributed by atoms with van der Waals surface area (Å²) in [6.45, 7) is 8.26. The number of ketones is 1. The van der Waals surface area contributed by atoms with E-state index in [-0.39, 0.29) is 23.0 Å². The van der Waals surface area contributed by atoms with E-state index in [9.17, 15) is 9.59 Å². The Labute approximate surface area is 178 Å². The topological polar surface area (TPSA) is 63.6 Å². The van der Waals surface area contributed by atoms with Crippen molar-refractivity contribution in [3.05, 3.63) is 66.1 Å². The summed E-state index contributed by atoms with van der Waals surface area (Å²) < 4.78 is 0. The second kappa shape index (κ2) is 7.71. The van der Waals surface area contributed by atoms with Crippen LogP contribution in [-0.4, -0.2) is 11.7 Å². The first-order valence-electron chi connectivity index (χ1n) is 10.7. The van der Waals surface area contributed by atoms with Gasteiger partial charge in [-0.1, -0.05) is 45.9 Å². The van der Waals surface area contributed by atoms with Gasteiger partial charge in [0, 0.05) is 30.2 Å². The molecule has 2 aliphatic rings. The summed E-state index contributed by atoms with van der Waals surface area (Å²) >= 11 is 0. The van der Waals surface area contributed by atoms with Crippen LogP contribution in [0.15, 0.2) is 60.6 Å². The molecule has 0 saturated carbocycles. The number of amides is 1. The number of H-pyrrole nitrogens is 1. The second-order valence-corrected chi connectivity index (χ2v) is 9.49. The lowest BCUT2D eigenvalue weighted by Crippen LogP contribution is -2.44. The van der Waals surface area contributed by atoms with E-state index in [4.69, 9.17) is 0 Å². The van der Waals surface area contributed by atoms with Gasteiger partial charge in [-0.05, 0) is 29.5 Å². The number of carbonyl (C=O) groups excluding carboxylic acids is 2. The Morgan fingerprint density at radius 1 is 1.23 bits per heavy atom. The van der Waals surface area contributed by atoms with E-state index in [1.165, 1.54) is 0 Å². The molecule has 0 saturated heterocycles. The molecule has 1 aromatic heterocycles. The third kappa shape index (κ3) is 3.76. The number of anilines is 2. The Morgan fingerprint density at radius 2 is 2.00 bits per heavy atom. The van der Waals surface area contributed by atoms with Crippen molar-refractivity contribution in [2.45, 2.75) is 46.6 Å². The summed E-state index contributed by atoms with van der Waals surface area (Å²) in [4.78, 5) is 32.1. The molecule has 2 unspecified atom stereocenters. The zero-order chi connectivity index (χ0) is 21.5. The molecule has 1 amide bonds. The number of rotatable bonds is 3. The average Bonchev–Trinajstić information content (AvgIpc) is 2.81. The van der Waals surface area contributed by atoms with Crippen molar-refractivity contribution in [3.63, 3.8) is 0 Å². The quantitative estimate of drug-likeness (QED) is 0.816. The van der Waals surface area contributed by atoms with Gasteiger partial charge in [0.2, 0.25) is 5.91 Å². The molecule has 2 atom stereocenters. The molecular weight excluding hydrogens is 374 g/mol. The van der Waals surface area contributed by atoms with Gasteiger partial charge in [-0.2, -0.15) is 0 Å². The Kier molecular flexibility index (Phi) is 5.22. The van der Waals surface area contributed by atoms with Crippen LogP contribution in [0.4, 0.5) is 11.4 Å². The van der Waals surface area contributed by atoms with Crippen molar-refractivity contribution in [3.8, 4) is 0 Å². The number of nitrogens with zero attached hydrogens (tertiary/aromatic N) is 1. The van der Waals surface area contributed by atoms with Gasteiger partial charge in [0.25, 0.3) is 0 Å². The molecule has 2 heterocycles. The minimum absolute atomic E-state index is 0.0342. The van der Waals surface area contributed by atoms with Crippen molar-refractivity contribution < 1.29 is 14.6 Å². The van der Waals surface area contributed by atoms with Crippen LogP contribution in [0, 0.1) is 17.3 Å². The summed E-state index contributed by atoms with van der Waals surface area (Å²) in [7, 11) is 0. The molecule has 30 heavy (non-hydrogen) atoms. The van der Waals surface area contributed by atoms with Crippen LogP contribution in [0.5, 0.6) is 0 Å². The third-order valence-corrected chi connectivity index (χ3v) is 5.82. The van der Waals surface area contributed by atoms with Crippen LogP contribution in [0.3, 0.4) is 0 Å². The van der Waals surface area contributed by atoms with Crippen LogP contribution in [-0.2, 0) is 9.59 Å². The highest BCUT2D eigenvalue weighted by atomic mass is 16.2. The number of nitrogens with one attached hydrogen (secondary N) is 2. The van der Waals surface area contributed by atoms with Crippen molar-refractivity contribution in [2.24, 2.45) is 17.3 Å². The number of aromatic nitrogens is 1. The molecule has 2 N–H and O–H groups in total. The number of aromatic amines is 1. The third-order valence-electron chi connectivity index (χ3n) is 5.82. The predicted octanol–water partition coefficient (Wildman–Crippen LogP) is 4.55. The zero-order valence-electron chi connectivity index (χ0n) is 18.1. The fourth-order valence-electron chi connectivity index (χ4n) is 4.67. The minimum Gasteiger partial charge on any atom is -0.357 e. The highest BCUT2D eigenvalue weighted by Gasteiger charge is 2.46. The van der Waals surface area contributed by atoms with Gasteiger partial charge in [-0.25, -0.2) is 4.98 Å². The fraction of sp³-hybridized carbons (Fsp3) is 0.400. The number of fused-ring (bicyclic) bond motifs is 2. The average molecular weight is 405 g/mol. The molecule has 0 fully saturated rings. The van der Waals surface area contributed by atoms with E-state index >= 15 is 0 Å². The smallest absolute Gasteiger partial charge is 0.227 e. The number of hydrogen-bond acceptors (Lipinski definition) is 3. The molecular formula is C25H30N3O2+. The first-order chi connectivity index (χ1) is 14.3. The maximum atomic E-state index is 13.6. The molecule has 1 aromatic carbocycles. The van der Waals surface area contributed by atoms with E-state index < -0.39 is 12.0 Å². The maximum Gasteiger partial charge on any atom is 0.227 e. The fourth-order valence-corrected chi connectivity index (χ4v) is 4.67. The zero-order valence-corrected chi connectivity index (χ0v) is 18.1. The number of carbonyl (C=O) groups is 2. The van der Waals surface area contributed by atoms with Gasteiger partial charge >= 0.3 is 0 Å². The molecule has 0 bridgehead atoms. The van der Waals surface area contributed by atoms with Gasteiger partial charge in [0.1, 0.15) is 5.78 Å². The number of Topliss-reactive ketones (excluding diaryl/α,β-unsaturated/α-hetero) is 1. The Balaban J connectivity index is 1.97. The van der Waals surface area contributed by atoms with Crippen LogP contribution < -0.4 is 15.2 Å². The lowest BCUT2D eigenvalue weighted by molar-refractivity contribution is -0.378. The Morgan fingerprint density at radius 3 is 2.70 bits per heavy atom. The van der Waals surface area contributed by atoms with Gasteiger partial charge in [0.05, 0.1) is 23.3 Å². The summed E-state index contributed by atoms with van der Waals surface area (Å²) in [5.74, 6) is -0.0156. The highest BCUT2D eigenvalue weighted by molar-refractivity contribution is 6.01. The number of para-hydroxylation sites is 2. The number of pyridine rings is 1. The van der Waals surface area contributed by atoms with Gasteiger partial charge in [-0.3, -0.25) is 9.59 Å². The van der Waals surface area contributed by atoms with Crippen LogP contribution in [0.2, 0.25) is 0 Å². The van der Waals surface area contributed by atoms with Gasteiger partial charge in [0.15, 0.2) is 12.4 Å². The SMILES string of the molecule is CC(C)CC(=O)N1c2ccccc2NC2=CC(C)(C)CC(=O)C2C1c1ccc[nH+]c1. The lowest BCUT2D eigenvalue weighted by atomic mass is 9.72. The lowest BCUT2D eigenvalue weighted by Gasteiger charge is -2.38. The Bertz CT molecular complexity index is 994. The first kappa shape index (κ1) is 20.3. The van der Waals surface area contributed by atoms with E-state index in [0.29, 0.717) is 12.8 Å². The van der Waals surface area contributed by atoms with E-state index in [0.717, 1.165) is 22.6 Å². The summed E-state index contributed by atoms with van der Waals surface area (Å²) in [6, 6.07) is 11.4. The standard InChI is InChI=1S/C25H29N3O2/c1-16(2)12-22(30)28-20-10-6-5-9-18(20)27-19-13-25(3,4)14-21(29)23(19)24(28)17-8-7-11-26-15-17/h5-11,13,15-16,23-24,27H,12,14H2,1-4H3/p+1. The summed E-state index contributed by atoms with van der Waals surface area (Å²) in [5, 5.41) is 3.52. The number of allylic oxidation sites excluding steroid dienone is 1. The van der Waals surface area contributed by atoms with Crippen LogP contribution >= 0.6 is 0 Å². The predicted molar refractivity (Wildman–Crippen MR) is 118 cm³/mol. The summed E-state index contributed by atoms with van der Waals surface area (Å²) in [5.41, 5.74) is 3.26. The van der Waals surface area contributed by atoms with Crippen molar-refractivity contribution in [1.29, 1.82) is 0 Å². The van der Waals surface area contributed by atoms with Crippen molar-refractivity contribution >= 4 is 23.1 Å². The van der Waals surface area contributed by atoms with E-state index in [1.54, 1.807) is 0 Å². The largest absolute Gasteiger partial charge is 0.357 e. The van der Waals surface area contributed by atoms with Crippen LogP contribution in [0.1, 0.15) is 52.1 Å². The second-order valence-electron chi connectivity index (χ2n) is 9.49. The number of benzene rings is 1. The Hall–Kier alpha value is -2.95. The van der Waals surface area contributed by atoms with Crippen molar-refractivity contribution in [1.82, 2.24) is 0 Å². The summed E-state index contributed by atoms with van der Waals surface area (Å²) in [6.07, 6.45) is 6.80. The van der Waals surface area contributed by atoms with Crippen LogP contribution in [0.25, 0.3) is 0 Å². The van der Waals surface area contributed by atoms with Gasteiger partial charge < -0.3 is 10.2 Å². The monoisotopic (exact) mass is 404 g/mol. The maximum absolute atomic E-state index is 13.6.